The molecule has 0 radical (unpaired) electrons. The zero-order chi connectivity index (χ0) is 38.1. The quantitative estimate of drug-likeness (QED) is 0.169. The Morgan fingerprint density at radius 3 is 2.38 bits per heavy atom. The van der Waals surface area contributed by atoms with Crippen LogP contribution in [-0.4, -0.2) is 98.8 Å². The maximum atomic E-state index is 13.5. The summed E-state index contributed by atoms with van der Waals surface area (Å²) in [6, 6.07) is 13.0. The van der Waals surface area contributed by atoms with Gasteiger partial charge in [-0.1, -0.05) is 31.0 Å². The molecule has 2 N–H and O–H groups in total. The van der Waals surface area contributed by atoms with E-state index in [1.165, 1.54) is 12.5 Å². The first kappa shape index (κ1) is 36.9. The molecule has 288 valence electrons. The second-order valence-electron chi connectivity index (χ2n) is 15.7. The fourth-order valence-corrected chi connectivity index (χ4v) is 9.15. The molecule has 55 heavy (non-hydrogen) atoms. The van der Waals surface area contributed by atoms with E-state index in [9.17, 15) is 19.2 Å². The minimum atomic E-state index is -0.258. The van der Waals surface area contributed by atoms with Gasteiger partial charge in [-0.2, -0.15) is 4.98 Å². The van der Waals surface area contributed by atoms with Crippen molar-refractivity contribution in [3.63, 3.8) is 0 Å². The Labute approximate surface area is 321 Å². The summed E-state index contributed by atoms with van der Waals surface area (Å²) >= 11 is 0. The molecule has 4 fully saturated rings. The van der Waals surface area contributed by atoms with E-state index < -0.39 is 0 Å². The van der Waals surface area contributed by atoms with E-state index in [-0.39, 0.29) is 40.7 Å². The standard InChI is InChI=1S/C42H51N9O4/c1-27-35-26-44-42(47-39(35)51(32-7-3-4-8-32)41(55)38(27)28(2)52)45-36-12-10-29(25-43-36)14-17-48-20-22-50(23-21-48)31-15-18-49(19-16-31)33-9-5-6-30(24-33)34-11-13-37(53)46-40(34)54/h5-6,9-10,12,24-26,31-32,34H,3-4,7-8,11,13-23H2,1-2H3,(H,46,53,54)(H,43,44,45,47). The van der Waals surface area contributed by atoms with Crippen molar-refractivity contribution in [3.8, 4) is 0 Å². The van der Waals surface area contributed by atoms with E-state index in [0.29, 0.717) is 41.9 Å². The maximum Gasteiger partial charge on any atom is 0.263 e. The number of benzene rings is 1. The number of piperazine rings is 1. The summed E-state index contributed by atoms with van der Waals surface area (Å²) in [4.78, 5) is 71.7. The molecule has 1 unspecified atom stereocenters. The Kier molecular flexibility index (Phi) is 10.7. The average Bonchev–Trinajstić information content (AvgIpc) is 3.72. The third-order valence-electron chi connectivity index (χ3n) is 12.3. The van der Waals surface area contributed by atoms with Crippen molar-refractivity contribution in [2.24, 2.45) is 0 Å². The minimum Gasteiger partial charge on any atom is -0.371 e. The number of piperidine rings is 2. The van der Waals surface area contributed by atoms with Crippen LogP contribution in [0.4, 0.5) is 17.5 Å². The van der Waals surface area contributed by atoms with Crippen molar-refractivity contribution in [1.82, 2.24) is 34.6 Å². The number of fused-ring (bicyclic) bond motifs is 1. The number of anilines is 3. The first-order valence-electron chi connectivity index (χ1n) is 20.0. The second-order valence-corrected chi connectivity index (χ2v) is 15.7. The molecule has 13 heteroatoms. The minimum absolute atomic E-state index is 0.0281. The van der Waals surface area contributed by atoms with Gasteiger partial charge in [0.2, 0.25) is 17.8 Å². The summed E-state index contributed by atoms with van der Waals surface area (Å²) in [6.45, 7) is 10.5. The number of rotatable bonds is 10. The zero-order valence-corrected chi connectivity index (χ0v) is 31.9. The molecule has 0 spiro atoms. The van der Waals surface area contributed by atoms with Crippen LogP contribution in [0.5, 0.6) is 0 Å². The van der Waals surface area contributed by atoms with Gasteiger partial charge in [0.05, 0.1) is 11.5 Å². The molecule has 3 aliphatic heterocycles. The maximum absolute atomic E-state index is 13.5. The van der Waals surface area contributed by atoms with Crippen molar-refractivity contribution < 1.29 is 14.4 Å². The van der Waals surface area contributed by atoms with Gasteiger partial charge in [-0.05, 0) is 87.3 Å². The second kappa shape index (κ2) is 16.0. The number of Topliss-reactive ketones (excluding diaryl/α,β-unsaturated/α-hetero) is 1. The molecule has 4 aliphatic rings. The highest BCUT2D eigenvalue weighted by Crippen LogP contribution is 2.33. The summed E-state index contributed by atoms with van der Waals surface area (Å²) in [5.74, 6) is 0.163. The Hall–Kier alpha value is -5.01. The molecule has 0 bridgehead atoms. The molecule has 8 rings (SSSR count). The van der Waals surface area contributed by atoms with Crippen molar-refractivity contribution in [2.75, 3.05) is 56.0 Å². The number of imide groups is 1. The van der Waals surface area contributed by atoms with E-state index in [4.69, 9.17) is 4.98 Å². The van der Waals surface area contributed by atoms with E-state index in [2.05, 4.69) is 53.5 Å². The van der Waals surface area contributed by atoms with Crippen molar-refractivity contribution in [3.05, 3.63) is 81.4 Å². The number of nitrogens with zero attached hydrogens (tertiary/aromatic N) is 7. The number of ketones is 1. The van der Waals surface area contributed by atoms with Crippen LogP contribution in [0, 0.1) is 6.92 Å². The molecule has 13 nitrogen and oxygen atoms in total. The van der Waals surface area contributed by atoms with Crippen LogP contribution in [-0.2, 0) is 16.0 Å². The fourth-order valence-electron chi connectivity index (χ4n) is 9.15. The van der Waals surface area contributed by atoms with Gasteiger partial charge in [0, 0.05) is 87.8 Å². The molecule has 2 amide bonds. The lowest BCUT2D eigenvalue weighted by molar-refractivity contribution is -0.134. The highest BCUT2D eigenvalue weighted by Gasteiger charge is 2.31. The topological polar surface area (TPSA) is 146 Å². The third kappa shape index (κ3) is 7.90. The van der Waals surface area contributed by atoms with Gasteiger partial charge in [0.25, 0.3) is 5.56 Å². The van der Waals surface area contributed by atoms with Crippen LogP contribution in [0.25, 0.3) is 11.0 Å². The smallest absolute Gasteiger partial charge is 0.263 e. The van der Waals surface area contributed by atoms with Gasteiger partial charge in [0.1, 0.15) is 11.5 Å². The first-order chi connectivity index (χ1) is 26.7. The lowest BCUT2D eigenvalue weighted by Gasteiger charge is -2.43. The van der Waals surface area contributed by atoms with Crippen molar-refractivity contribution >= 4 is 46.1 Å². The summed E-state index contributed by atoms with van der Waals surface area (Å²) < 4.78 is 1.73. The molecule has 1 atom stereocenters. The highest BCUT2D eigenvalue weighted by molar-refractivity contribution is 6.01. The molecular weight excluding hydrogens is 695 g/mol. The summed E-state index contributed by atoms with van der Waals surface area (Å²) in [6.07, 6.45) is 11.7. The van der Waals surface area contributed by atoms with Gasteiger partial charge in [0.15, 0.2) is 5.78 Å². The largest absolute Gasteiger partial charge is 0.371 e. The first-order valence-corrected chi connectivity index (χ1v) is 20.0. The normalized spacial score (nSPS) is 20.6. The van der Waals surface area contributed by atoms with Gasteiger partial charge >= 0.3 is 0 Å². The van der Waals surface area contributed by atoms with Gasteiger partial charge in [-0.25, -0.2) is 9.97 Å². The molecule has 1 aliphatic carbocycles. The molecule has 3 aromatic heterocycles. The predicted molar refractivity (Wildman–Crippen MR) is 212 cm³/mol. The molecule has 4 aromatic rings. The molecule has 6 heterocycles. The summed E-state index contributed by atoms with van der Waals surface area (Å²) in [5.41, 5.74) is 4.49. The van der Waals surface area contributed by atoms with Crippen LogP contribution in [0.15, 0.2) is 53.6 Å². The number of amides is 2. The average molecular weight is 746 g/mol. The lowest BCUT2D eigenvalue weighted by Crippen LogP contribution is -2.53. The molecule has 3 saturated heterocycles. The number of carbonyl (C=O) groups is 3. The van der Waals surface area contributed by atoms with Crippen molar-refractivity contribution in [1.29, 1.82) is 0 Å². The zero-order valence-electron chi connectivity index (χ0n) is 31.9. The number of nitrogens with one attached hydrogen (secondary N) is 2. The van der Waals surface area contributed by atoms with Crippen LogP contribution in [0.2, 0.25) is 0 Å². The Morgan fingerprint density at radius 1 is 0.891 bits per heavy atom. The fraction of sp³-hybridized carbons (Fsp3) is 0.500. The van der Waals surface area contributed by atoms with E-state index in [0.717, 1.165) is 107 Å². The van der Waals surface area contributed by atoms with Crippen molar-refractivity contribution in [2.45, 2.75) is 89.6 Å². The van der Waals surface area contributed by atoms with Crippen LogP contribution in [0.1, 0.15) is 97.3 Å². The van der Waals surface area contributed by atoms with E-state index in [1.807, 2.05) is 24.4 Å². The van der Waals surface area contributed by atoms with Crippen LogP contribution >= 0.6 is 0 Å². The van der Waals surface area contributed by atoms with Crippen LogP contribution < -0.4 is 21.1 Å². The Morgan fingerprint density at radius 2 is 1.67 bits per heavy atom. The SMILES string of the molecule is CC(=O)c1c(C)c2cnc(Nc3ccc(CCN4CCN(C5CCN(c6cccc(C7CCC(=O)NC7=O)c6)CC5)CC4)cn3)nc2n(C2CCCC2)c1=O. The summed E-state index contributed by atoms with van der Waals surface area (Å²) in [5, 5.41) is 6.45. The van der Waals surface area contributed by atoms with Gasteiger partial charge in [-0.15, -0.1) is 0 Å². The van der Waals surface area contributed by atoms with Crippen LogP contribution in [0.3, 0.4) is 0 Å². The van der Waals surface area contributed by atoms with Gasteiger partial charge in [-0.3, -0.25) is 34.0 Å². The van der Waals surface area contributed by atoms with E-state index in [1.54, 1.807) is 17.7 Å². The van der Waals surface area contributed by atoms with E-state index >= 15 is 0 Å². The van der Waals surface area contributed by atoms with Gasteiger partial charge < -0.3 is 15.1 Å². The predicted octanol–water partition coefficient (Wildman–Crippen LogP) is 4.91. The monoisotopic (exact) mass is 745 g/mol. The number of aromatic nitrogens is 4. The lowest BCUT2D eigenvalue weighted by atomic mass is 9.90. The number of carbonyl (C=O) groups excluding carboxylic acids is 3. The third-order valence-corrected chi connectivity index (χ3v) is 12.3. The Balaban J connectivity index is 0.815. The number of hydrogen-bond donors (Lipinski definition) is 2. The summed E-state index contributed by atoms with van der Waals surface area (Å²) in [7, 11) is 0. The highest BCUT2D eigenvalue weighted by atomic mass is 16.2. The number of aryl methyl sites for hydroxylation is 1. The number of hydrogen-bond acceptors (Lipinski definition) is 11. The molecular formula is C42H51N9O4. The Bertz CT molecular complexity index is 2130. The number of pyridine rings is 2. The molecule has 1 aromatic carbocycles. The molecule has 1 saturated carbocycles.